The summed E-state index contributed by atoms with van der Waals surface area (Å²) in [6, 6.07) is 1.98. The fraction of sp³-hybridized carbons (Fsp3) is 0.636. The number of hydrogen-bond donors (Lipinski definition) is 0. The quantitative estimate of drug-likeness (QED) is 0.306. The van der Waals surface area contributed by atoms with E-state index in [1.807, 2.05) is 11.0 Å². The molecule has 0 radical (unpaired) electrons. The summed E-state index contributed by atoms with van der Waals surface area (Å²) in [6.07, 6.45) is 7.86. The standard InChI is InChI=1S/C22H28INO5S/c1-14-3-5-15(6-4-14)20(25)24(17-13-18(23)30-19(17)21(26)27-2)16-7-9-22(10-8-16)28-11-12-29-22/h3,13,15-16H,4-12H2,1-2H3/t15-/m0/s1. The third-order valence-electron chi connectivity index (χ3n) is 6.43. The average molecular weight is 545 g/mol. The van der Waals surface area contributed by atoms with Crippen molar-refractivity contribution in [1.82, 2.24) is 0 Å². The van der Waals surface area contributed by atoms with Gasteiger partial charge in [0.2, 0.25) is 5.91 Å². The first-order chi connectivity index (χ1) is 14.4. The lowest BCUT2D eigenvalue weighted by atomic mass is 9.85. The van der Waals surface area contributed by atoms with Gasteiger partial charge in [0, 0.05) is 24.8 Å². The van der Waals surface area contributed by atoms with Crippen LogP contribution in [0.25, 0.3) is 0 Å². The molecule has 1 saturated carbocycles. The lowest BCUT2D eigenvalue weighted by Gasteiger charge is -2.41. The molecule has 3 aliphatic rings. The minimum absolute atomic E-state index is 0.0248. The summed E-state index contributed by atoms with van der Waals surface area (Å²) in [5.74, 6) is -0.798. The number of carbonyl (C=O) groups excluding carboxylic acids is 2. The van der Waals surface area contributed by atoms with Crippen LogP contribution < -0.4 is 4.90 Å². The van der Waals surface area contributed by atoms with Crippen LogP contribution in [0.2, 0.25) is 0 Å². The molecule has 2 fully saturated rings. The van der Waals surface area contributed by atoms with Crippen LogP contribution >= 0.6 is 33.9 Å². The molecule has 0 N–H and O–H groups in total. The average Bonchev–Trinajstić information content (AvgIpc) is 3.36. The minimum atomic E-state index is -0.482. The normalized spacial score (nSPS) is 24.0. The monoisotopic (exact) mass is 545 g/mol. The van der Waals surface area contributed by atoms with Gasteiger partial charge in [-0.25, -0.2) is 4.79 Å². The molecule has 0 bridgehead atoms. The van der Waals surface area contributed by atoms with Gasteiger partial charge in [0.15, 0.2) is 5.79 Å². The van der Waals surface area contributed by atoms with Crippen LogP contribution in [-0.4, -0.2) is 44.0 Å². The highest BCUT2D eigenvalue weighted by atomic mass is 127. The van der Waals surface area contributed by atoms with E-state index in [0.29, 0.717) is 23.8 Å². The first kappa shape index (κ1) is 22.2. The summed E-state index contributed by atoms with van der Waals surface area (Å²) in [6.45, 7) is 3.39. The van der Waals surface area contributed by atoms with E-state index >= 15 is 0 Å². The predicted molar refractivity (Wildman–Crippen MR) is 124 cm³/mol. The van der Waals surface area contributed by atoms with Gasteiger partial charge < -0.3 is 19.1 Å². The van der Waals surface area contributed by atoms with Crippen molar-refractivity contribution in [1.29, 1.82) is 0 Å². The number of anilines is 1. The molecule has 1 amide bonds. The Morgan fingerprint density at radius 1 is 1.23 bits per heavy atom. The molecule has 0 unspecified atom stereocenters. The molecule has 1 atom stereocenters. The Hall–Kier alpha value is -0.970. The Kier molecular flexibility index (Phi) is 6.86. The van der Waals surface area contributed by atoms with Gasteiger partial charge in [0.05, 0.1) is 28.9 Å². The molecule has 1 aromatic rings. The summed E-state index contributed by atoms with van der Waals surface area (Å²) in [7, 11) is 1.39. The molecular formula is C22H28INO5S. The van der Waals surface area contributed by atoms with E-state index in [4.69, 9.17) is 14.2 Å². The predicted octanol–water partition coefficient (Wildman–Crippen LogP) is 4.90. The SMILES string of the molecule is COC(=O)c1sc(I)cc1N(C(=O)[C@H]1CC=C(C)CC1)C1CCC2(CC1)OCCO2. The van der Waals surface area contributed by atoms with Gasteiger partial charge in [-0.05, 0) is 67.7 Å². The number of halogens is 1. The maximum atomic E-state index is 13.8. The van der Waals surface area contributed by atoms with Crippen molar-refractivity contribution < 1.29 is 23.8 Å². The summed E-state index contributed by atoms with van der Waals surface area (Å²) < 4.78 is 17.8. The second-order valence-electron chi connectivity index (χ2n) is 8.33. The first-order valence-electron chi connectivity index (χ1n) is 10.6. The van der Waals surface area contributed by atoms with Crippen LogP contribution in [0.1, 0.15) is 61.5 Å². The molecule has 1 aromatic heterocycles. The summed E-state index contributed by atoms with van der Waals surface area (Å²) in [4.78, 5) is 28.7. The van der Waals surface area contributed by atoms with E-state index in [1.54, 1.807) is 0 Å². The smallest absolute Gasteiger partial charge is 0.350 e. The Morgan fingerprint density at radius 2 is 1.93 bits per heavy atom. The number of ether oxygens (including phenoxy) is 3. The number of thiophene rings is 1. The van der Waals surface area contributed by atoms with E-state index in [1.165, 1.54) is 24.0 Å². The molecule has 1 aliphatic heterocycles. The van der Waals surface area contributed by atoms with Crippen molar-refractivity contribution in [2.75, 3.05) is 25.2 Å². The lowest BCUT2D eigenvalue weighted by molar-refractivity contribution is -0.179. The van der Waals surface area contributed by atoms with Gasteiger partial charge in [-0.15, -0.1) is 11.3 Å². The lowest BCUT2D eigenvalue weighted by Crippen LogP contribution is -2.49. The molecule has 6 nitrogen and oxygen atoms in total. The van der Waals surface area contributed by atoms with Crippen LogP contribution in [0.15, 0.2) is 17.7 Å². The second kappa shape index (κ2) is 9.26. The number of carbonyl (C=O) groups is 2. The highest BCUT2D eigenvalue weighted by Gasteiger charge is 2.44. The fourth-order valence-electron chi connectivity index (χ4n) is 4.74. The van der Waals surface area contributed by atoms with Crippen molar-refractivity contribution in [2.45, 2.75) is 63.7 Å². The van der Waals surface area contributed by atoms with Crippen LogP contribution in [-0.2, 0) is 19.0 Å². The van der Waals surface area contributed by atoms with E-state index < -0.39 is 5.79 Å². The second-order valence-corrected chi connectivity index (χ2v) is 11.3. The summed E-state index contributed by atoms with van der Waals surface area (Å²) in [5, 5.41) is 0. The Morgan fingerprint density at radius 3 is 2.53 bits per heavy atom. The van der Waals surface area contributed by atoms with E-state index in [9.17, 15) is 9.59 Å². The van der Waals surface area contributed by atoms with Crippen LogP contribution in [0, 0.1) is 8.80 Å². The van der Waals surface area contributed by atoms with Crippen molar-refractivity contribution >= 4 is 51.5 Å². The summed E-state index contributed by atoms with van der Waals surface area (Å²) in [5.41, 5.74) is 2.04. The zero-order chi connectivity index (χ0) is 21.3. The van der Waals surface area contributed by atoms with Crippen LogP contribution in [0.3, 0.4) is 0 Å². The number of allylic oxidation sites excluding steroid dienone is 2. The van der Waals surface area contributed by atoms with Crippen molar-refractivity contribution in [3.8, 4) is 0 Å². The number of amides is 1. The van der Waals surface area contributed by atoms with Crippen LogP contribution in [0.5, 0.6) is 0 Å². The van der Waals surface area contributed by atoms with E-state index in [-0.39, 0.29) is 23.8 Å². The van der Waals surface area contributed by atoms with Gasteiger partial charge in [-0.2, -0.15) is 0 Å². The number of methoxy groups -OCH3 is 1. The van der Waals surface area contributed by atoms with Gasteiger partial charge >= 0.3 is 5.97 Å². The van der Waals surface area contributed by atoms with Gasteiger partial charge in [-0.3, -0.25) is 4.79 Å². The van der Waals surface area contributed by atoms with Crippen LogP contribution in [0.4, 0.5) is 5.69 Å². The molecule has 2 heterocycles. The molecule has 0 aromatic carbocycles. The third-order valence-corrected chi connectivity index (χ3v) is 8.30. The first-order valence-corrected chi connectivity index (χ1v) is 12.5. The third kappa shape index (κ3) is 4.47. The Labute approximate surface area is 195 Å². The molecule has 1 spiro atoms. The van der Waals surface area contributed by atoms with Crippen molar-refractivity contribution in [3.05, 3.63) is 25.5 Å². The van der Waals surface area contributed by atoms with Crippen molar-refractivity contribution in [3.63, 3.8) is 0 Å². The largest absolute Gasteiger partial charge is 0.465 e. The zero-order valence-electron chi connectivity index (χ0n) is 17.4. The molecule has 164 valence electrons. The Bertz CT molecular complexity index is 835. The molecule has 1 saturated heterocycles. The maximum Gasteiger partial charge on any atom is 0.350 e. The molecular weight excluding hydrogens is 517 g/mol. The highest BCUT2D eigenvalue weighted by Crippen LogP contribution is 2.42. The van der Waals surface area contributed by atoms with E-state index in [2.05, 4.69) is 35.6 Å². The summed E-state index contributed by atoms with van der Waals surface area (Å²) >= 11 is 3.59. The topological polar surface area (TPSA) is 65.1 Å². The molecule has 30 heavy (non-hydrogen) atoms. The van der Waals surface area contributed by atoms with Gasteiger partial charge in [0.1, 0.15) is 4.88 Å². The number of esters is 1. The molecule has 4 rings (SSSR count). The molecule has 2 aliphatic carbocycles. The minimum Gasteiger partial charge on any atom is -0.465 e. The molecule has 8 heteroatoms. The van der Waals surface area contributed by atoms with E-state index in [0.717, 1.165) is 47.8 Å². The Balaban J connectivity index is 1.64. The zero-order valence-corrected chi connectivity index (χ0v) is 20.4. The number of rotatable bonds is 4. The highest BCUT2D eigenvalue weighted by molar-refractivity contribution is 14.1. The fourth-order valence-corrected chi connectivity index (χ4v) is 6.49. The maximum absolute atomic E-state index is 13.8. The number of hydrogen-bond acceptors (Lipinski definition) is 6. The van der Waals surface area contributed by atoms with Gasteiger partial charge in [0.25, 0.3) is 0 Å². The van der Waals surface area contributed by atoms with Crippen molar-refractivity contribution in [2.24, 2.45) is 5.92 Å². The van der Waals surface area contributed by atoms with Gasteiger partial charge in [-0.1, -0.05) is 11.6 Å². The number of nitrogens with zero attached hydrogens (tertiary/aromatic N) is 1.